The summed E-state index contributed by atoms with van der Waals surface area (Å²) < 4.78 is 22.8. The predicted molar refractivity (Wildman–Crippen MR) is 77.0 cm³/mol. The van der Waals surface area contributed by atoms with Gasteiger partial charge in [0.25, 0.3) is 0 Å². The minimum atomic E-state index is -1.11. The molecule has 0 radical (unpaired) electrons. The summed E-state index contributed by atoms with van der Waals surface area (Å²) in [7, 11) is 0.507. The molecule has 0 amide bonds. The van der Waals surface area contributed by atoms with Crippen LogP contribution < -0.4 is 4.74 Å². The van der Waals surface area contributed by atoms with E-state index in [1.165, 1.54) is 0 Å². The number of hydrogen-bond acceptors (Lipinski definition) is 5. The molecule has 20 heavy (non-hydrogen) atoms. The third kappa shape index (κ3) is 3.66. The Morgan fingerprint density at radius 2 is 2.00 bits per heavy atom. The van der Waals surface area contributed by atoms with Gasteiger partial charge in [0.1, 0.15) is 11.5 Å². The van der Waals surface area contributed by atoms with Crippen LogP contribution in [-0.2, 0) is 28.7 Å². The number of ether oxygens (including phenoxy) is 1. The number of rotatable bonds is 6. The first-order chi connectivity index (χ1) is 9.62. The van der Waals surface area contributed by atoms with Crippen LogP contribution in [0.3, 0.4) is 0 Å². The van der Waals surface area contributed by atoms with E-state index in [-0.39, 0.29) is 5.75 Å². The summed E-state index contributed by atoms with van der Waals surface area (Å²) >= 11 is 0. The highest BCUT2D eigenvalue weighted by Gasteiger charge is 2.12. The lowest BCUT2D eigenvalue weighted by Crippen LogP contribution is -2.02. The fourth-order valence-electron chi connectivity index (χ4n) is 1.87. The first-order valence-electron chi connectivity index (χ1n) is 6.42. The zero-order valence-electron chi connectivity index (χ0n) is 11.9. The van der Waals surface area contributed by atoms with Gasteiger partial charge in [-0.3, -0.25) is 4.21 Å². The van der Waals surface area contributed by atoms with Crippen molar-refractivity contribution in [2.75, 3.05) is 7.11 Å². The van der Waals surface area contributed by atoms with Gasteiger partial charge in [-0.1, -0.05) is 24.6 Å². The van der Waals surface area contributed by atoms with Gasteiger partial charge in [0.15, 0.2) is 0 Å². The molecule has 1 atom stereocenters. The number of nitrogens with zero attached hydrogens (tertiary/aromatic N) is 2. The average Bonchev–Trinajstić information content (AvgIpc) is 2.86. The smallest absolute Gasteiger partial charge is 0.229 e. The molecule has 0 aliphatic rings. The van der Waals surface area contributed by atoms with Crippen LogP contribution in [0.15, 0.2) is 22.6 Å². The molecule has 0 saturated heterocycles. The normalized spacial score (nSPS) is 12.3. The Morgan fingerprint density at radius 1 is 1.25 bits per heavy atom. The Kier molecular flexibility index (Phi) is 4.89. The Bertz CT molecular complexity index is 610. The molecule has 0 saturated carbocycles. The summed E-state index contributed by atoms with van der Waals surface area (Å²) in [5.74, 6) is 2.43. The molecular formula is C14H18N2O3S. The van der Waals surface area contributed by atoms with E-state index in [0.717, 1.165) is 16.9 Å². The van der Waals surface area contributed by atoms with E-state index < -0.39 is 10.8 Å². The number of hydrogen-bond donors (Lipinski definition) is 0. The number of methoxy groups -OCH3 is 1. The van der Waals surface area contributed by atoms with Gasteiger partial charge in [-0.05, 0) is 13.0 Å². The maximum Gasteiger partial charge on any atom is 0.229 e. The molecule has 0 fully saturated rings. The van der Waals surface area contributed by atoms with Gasteiger partial charge >= 0.3 is 0 Å². The molecule has 2 rings (SSSR count). The summed E-state index contributed by atoms with van der Waals surface area (Å²) in [6.45, 7) is 3.93. The van der Waals surface area contributed by atoms with Gasteiger partial charge < -0.3 is 9.15 Å². The molecule has 1 aromatic carbocycles. The van der Waals surface area contributed by atoms with Gasteiger partial charge in [-0.2, -0.15) is 0 Å². The van der Waals surface area contributed by atoms with Crippen molar-refractivity contribution in [3.05, 3.63) is 41.1 Å². The van der Waals surface area contributed by atoms with Gasteiger partial charge in [-0.15, -0.1) is 10.2 Å². The lowest BCUT2D eigenvalue weighted by atomic mass is 10.1. The largest absolute Gasteiger partial charge is 0.496 e. The molecule has 0 aliphatic carbocycles. The van der Waals surface area contributed by atoms with E-state index >= 15 is 0 Å². The van der Waals surface area contributed by atoms with Crippen LogP contribution >= 0.6 is 0 Å². The minimum absolute atomic E-state index is 0.268. The Morgan fingerprint density at radius 3 is 2.65 bits per heavy atom. The molecule has 0 aliphatic heterocycles. The zero-order valence-corrected chi connectivity index (χ0v) is 12.7. The van der Waals surface area contributed by atoms with E-state index in [2.05, 4.69) is 10.2 Å². The number of aromatic nitrogens is 2. The summed E-state index contributed by atoms with van der Waals surface area (Å²) in [5, 5.41) is 7.75. The van der Waals surface area contributed by atoms with Crippen molar-refractivity contribution in [1.29, 1.82) is 0 Å². The second-order valence-corrected chi connectivity index (χ2v) is 5.94. The van der Waals surface area contributed by atoms with Crippen LogP contribution in [0.4, 0.5) is 0 Å². The van der Waals surface area contributed by atoms with E-state index in [9.17, 15) is 4.21 Å². The van der Waals surface area contributed by atoms with Crippen LogP contribution in [0.25, 0.3) is 0 Å². The minimum Gasteiger partial charge on any atom is -0.496 e. The SMILES string of the molecule is CCc1nnc(CS(=O)Cc2cc(C)ccc2OC)o1. The first-order valence-corrected chi connectivity index (χ1v) is 7.91. The molecule has 6 heteroatoms. The Balaban J connectivity index is 2.06. The third-order valence-corrected chi connectivity index (χ3v) is 4.05. The summed E-state index contributed by atoms with van der Waals surface area (Å²) in [6, 6.07) is 5.85. The van der Waals surface area contributed by atoms with Crippen molar-refractivity contribution in [1.82, 2.24) is 10.2 Å². The molecule has 108 valence electrons. The molecule has 0 bridgehead atoms. The average molecular weight is 294 g/mol. The van der Waals surface area contributed by atoms with Crippen molar-refractivity contribution in [2.24, 2.45) is 0 Å². The summed E-state index contributed by atoms with van der Waals surface area (Å²) in [6.07, 6.45) is 0.686. The standard InChI is InChI=1S/C14H18N2O3S/c1-4-13-15-16-14(19-13)9-20(17)8-11-7-10(2)5-6-12(11)18-3/h5-7H,4,8-9H2,1-3H3. The molecule has 0 N–H and O–H groups in total. The number of aryl methyl sites for hydroxylation is 2. The van der Waals surface area contributed by atoms with Gasteiger partial charge in [-0.25, -0.2) is 0 Å². The highest BCUT2D eigenvalue weighted by molar-refractivity contribution is 7.83. The second kappa shape index (κ2) is 6.65. The predicted octanol–water partition coefficient (Wildman–Crippen LogP) is 2.40. The lowest BCUT2D eigenvalue weighted by molar-refractivity contribution is 0.411. The van der Waals surface area contributed by atoms with E-state index in [0.29, 0.717) is 24.0 Å². The summed E-state index contributed by atoms with van der Waals surface area (Å²) in [5.41, 5.74) is 2.05. The van der Waals surface area contributed by atoms with Crippen LogP contribution in [-0.4, -0.2) is 21.5 Å². The molecule has 1 unspecified atom stereocenters. The summed E-state index contributed by atoms with van der Waals surface area (Å²) in [4.78, 5) is 0. The van der Waals surface area contributed by atoms with Crippen LogP contribution in [0, 0.1) is 6.92 Å². The maximum atomic E-state index is 12.2. The first kappa shape index (κ1) is 14.7. The number of benzene rings is 1. The second-order valence-electron chi connectivity index (χ2n) is 4.49. The van der Waals surface area contributed by atoms with Crippen LogP contribution in [0.2, 0.25) is 0 Å². The van der Waals surface area contributed by atoms with Crippen molar-refractivity contribution >= 4 is 10.8 Å². The zero-order chi connectivity index (χ0) is 14.5. The van der Waals surface area contributed by atoms with E-state index in [1.54, 1.807) is 7.11 Å². The van der Waals surface area contributed by atoms with Gasteiger partial charge in [0.05, 0.1) is 12.9 Å². The quantitative estimate of drug-likeness (QED) is 0.818. The molecule has 1 aromatic heterocycles. The van der Waals surface area contributed by atoms with Crippen molar-refractivity contribution in [2.45, 2.75) is 31.8 Å². The van der Waals surface area contributed by atoms with Crippen molar-refractivity contribution in [3.8, 4) is 5.75 Å². The fraction of sp³-hybridized carbons (Fsp3) is 0.429. The highest BCUT2D eigenvalue weighted by Crippen LogP contribution is 2.22. The monoisotopic (exact) mass is 294 g/mol. The molecule has 2 aromatic rings. The topological polar surface area (TPSA) is 65.2 Å². The van der Waals surface area contributed by atoms with Gasteiger partial charge in [0, 0.05) is 22.8 Å². The van der Waals surface area contributed by atoms with Gasteiger partial charge in [0.2, 0.25) is 11.8 Å². The Hall–Kier alpha value is -1.69. The highest BCUT2D eigenvalue weighted by atomic mass is 32.2. The van der Waals surface area contributed by atoms with Crippen molar-refractivity contribution < 1.29 is 13.4 Å². The van der Waals surface area contributed by atoms with Crippen molar-refractivity contribution in [3.63, 3.8) is 0 Å². The molecule has 0 spiro atoms. The van der Waals surface area contributed by atoms with E-state index in [4.69, 9.17) is 9.15 Å². The maximum absolute atomic E-state index is 12.2. The molecular weight excluding hydrogens is 276 g/mol. The van der Waals surface area contributed by atoms with E-state index in [1.807, 2.05) is 32.0 Å². The fourth-order valence-corrected chi connectivity index (χ4v) is 2.94. The van der Waals surface area contributed by atoms with Crippen LogP contribution in [0.5, 0.6) is 5.75 Å². The Labute approximate surface area is 120 Å². The third-order valence-electron chi connectivity index (χ3n) is 2.85. The molecule has 1 heterocycles. The molecule has 5 nitrogen and oxygen atoms in total. The van der Waals surface area contributed by atoms with Crippen LogP contribution in [0.1, 0.15) is 29.8 Å². The lowest BCUT2D eigenvalue weighted by Gasteiger charge is -2.08.